The fraction of sp³-hybridized carbons (Fsp3) is 0.0588. The molecule has 2 aromatic heterocycles. The molecule has 0 radical (unpaired) electrons. The van der Waals surface area contributed by atoms with Crippen molar-refractivity contribution in [1.82, 2.24) is 4.98 Å². The first-order valence-corrected chi connectivity index (χ1v) is 7.73. The number of benzene rings is 1. The molecule has 5 heteroatoms. The summed E-state index contributed by atoms with van der Waals surface area (Å²) >= 11 is 1.41. The van der Waals surface area contributed by atoms with Gasteiger partial charge in [-0.1, -0.05) is 18.2 Å². The molecular weight excluding hydrogens is 294 g/mol. The molecule has 2 N–H and O–H groups in total. The molecule has 0 spiro atoms. The second-order valence-corrected chi connectivity index (χ2v) is 5.81. The van der Waals surface area contributed by atoms with Gasteiger partial charge in [0, 0.05) is 5.69 Å². The Kier molecular flexibility index (Phi) is 4.16. The van der Waals surface area contributed by atoms with Crippen LogP contribution in [0.1, 0.15) is 15.2 Å². The molecule has 0 fully saturated rings. The summed E-state index contributed by atoms with van der Waals surface area (Å²) in [6, 6.07) is 15.4. The third kappa shape index (κ3) is 3.51. The highest BCUT2D eigenvalue weighted by Crippen LogP contribution is 2.18. The largest absolute Gasteiger partial charge is 0.340 e. The number of aromatic nitrogens is 1. The molecule has 0 aliphatic heterocycles. The molecule has 0 saturated carbocycles. The van der Waals surface area contributed by atoms with Crippen molar-refractivity contribution in [2.24, 2.45) is 0 Å². The normalized spacial score (nSPS) is 10.2. The van der Waals surface area contributed by atoms with E-state index in [9.17, 15) is 4.79 Å². The van der Waals surface area contributed by atoms with E-state index in [4.69, 9.17) is 0 Å². The molecule has 1 amide bonds. The molecule has 2 heterocycles. The van der Waals surface area contributed by atoms with Gasteiger partial charge < -0.3 is 10.6 Å². The lowest BCUT2D eigenvalue weighted by Crippen LogP contribution is -2.10. The number of carbonyl (C=O) groups is 1. The second kappa shape index (κ2) is 6.41. The molecule has 0 unspecified atom stereocenters. The minimum Gasteiger partial charge on any atom is -0.340 e. The van der Waals surface area contributed by atoms with Crippen LogP contribution in [0.15, 0.2) is 60.1 Å². The van der Waals surface area contributed by atoms with E-state index < -0.39 is 0 Å². The van der Waals surface area contributed by atoms with Crippen LogP contribution in [0.25, 0.3) is 0 Å². The van der Waals surface area contributed by atoms with E-state index in [0.717, 1.165) is 11.5 Å². The fourth-order valence-corrected chi connectivity index (χ4v) is 2.63. The van der Waals surface area contributed by atoms with Crippen LogP contribution in [0.2, 0.25) is 0 Å². The molecule has 4 nitrogen and oxygen atoms in total. The van der Waals surface area contributed by atoms with E-state index in [1.165, 1.54) is 16.9 Å². The predicted octanol–water partition coefficient (Wildman–Crippen LogP) is 4.45. The van der Waals surface area contributed by atoms with Crippen LogP contribution in [0, 0.1) is 6.92 Å². The van der Waals surface area contributed by atoms with Gasteiger partial charge >= 0.3 is 0 Å². The Morgan fingerprint density at radius 3 is 2.68 bits per heavy atom. The molecule has 22 heavy (non-hydrogen) atoms. The van der Waals surface area contributed by atoms with Crippen LogP contribution in [0.4, 0.5) is 17.2 Å². The number of hydrogen-bond acceptors (Lipinski definition) is 4. The van der Waals surface area contributed by atoms with Crippen LogP contribution in [-0.4, -0.2) is 10.9 Å². The number of nitrogens with one attached hydrogen (secondary N) is 2. The first kappa shape index (κ1) is 14.3. The minimum absolute atomic E-state index is 0.115. The number of rotatable bonds is 4. The smallest absolute Gasteiger partial charge is 0.265 e. The lowest BCUT2D eigenvalue weighted by molar-refractivity contribution is 0.103. The van der Waals surface area contributed by atoms with Gasteiger partial charge in [0.05, 0.1) is 16.8 Å². The summed E-state index contributed by atoms with van der Waals surface area (Å²) < 4.78 is 0. The number of carbonyl (C=O) groups excluding carboxylic acids is 1. The van der Waals surface area contributed by atoms with Gasteiger partial charge in [0.25, 0.3) is 5.91 Å². The second-order valence-electron chi connectivity index (χ2n) is 4.86. The minimum atomic E-state index is -0.115. The van der Waals surface area contributed by atoms with Gasteiger partial charge in [-0.3, -0.25) is 4.79 Å². The van der Waals surface area contributed by atoms with Crippen molar-refractivity contribution in [1.29, 1.82) is 0 Å². The maximum absolute atomic E-state index is 11.9. The van der Waals surface area contributed by atoms with E-state index in [-0.39, 0.29) is 5.91 Å². The summed E-state index contributed by atoms with van der Waals surface area (Å²) in [5.41, 5.74) is 2.85. The summed E-state index contributed by atoms with van der Waals surface area (Å²) in [5, 5.41) is 7.93. The van der Waals surface area contributed by atoms with Gasteiger partial charge in [-0.15, -0.1) is 11.3 Å². The van der Waals surface area contributed by atoms with Crippen molar-refractivity contribution in [2.45, 2.75) is 6.92 Å². The Morgan fingerprint density at radius 2 is 2.00 bits per heavy atom. The zero-order chi connectivity index (χ0) is 15.4. The van der Waals surface area contributed by atoms with E-state index >= 15 is 0 Å². The number of pyridine rings is 1. The summed E-state index contributed by atoms with van der Waals surface area (Å²) in [7, 11) is 0. The molecule has 0 bridgehead atoms. The standard InChI is InChI=1S/C17H15N3OS/c1-12-4-2-5-13(10-12)19-16-8-7-14(11-18-16)20-17(21)15-6-3-9-22-15/h2-11H,1H3,(H,18,19)(H,20,21). The highest BCUT2D eigenvalue weighted by molar-refractivity contribution is 7.12. The number of anilines is 3. The lowest BCUT2D eigenvalue weighted by atomic mass is 10.2. The first-order valence-electron chi connectivity index (χ1n) is 6.85. The Bertz CT molecular complexity index is 767. The van der Waals surface area contributed by atoms with Crippen molar-refractivity contribution in [2.75, 3.05) is 10.6 Å². The number of hydrogen-bond donors (Lipinski definition) is 2. The number of amides is 1. The third-order valence-corrected chi connectivity index (χ3v) is 3.93. The fourth-order valence-electron chi connectivity index (χ4n) is 2.01. The van der Waals surface area contributed by atoms with Crippen molar-refractivity contribution in [3.8, 4) is 0 Å². The topological polar surface area (TPSA) is 54.0 Å². The van der Waals surface area contributed by atoms with E-state index in [2.05, 4.69) is 15.6 Å². The van der Waals surface area contributed by atoms with Gasteiger partial charge in [0.1, 0.15) is 5.82 Å². The molecule has 1 aromatic carbocycles. The molecule has 0 aliphatic rings. The van der Waals surface area contributed by atoms with Crippen LogP contribution in [-0.2, 0) is 0 Å². The molecule has 0 atom stereocenters. The van der Waals surface area contributed by atoms with Gasteiger partial charge in [0.2, 0.25) is 0 Å². The Hall–Kier alpha value is -2.66. The summed E-state index contributed by atoms with van der Waals surface area (Å²) in [4.78, 5) is 16.9. The lowest BCUT2D eigenvalue weighted by Gasteiger charge is -2.08. The number of aryl methyl sites for hydroxylation is 1. The molecule has 3 aromatic rings. The Morgan fingerprint density at radius 1 is 1.09 bits per heavy atom. The maximum Gasteiger partial charge on any atom is 0.265 e. The van der Waals surface area contributed by atoms with Gasteiger partial charge in [-0.2, -0.15) is 0 Å². The molecular formula is C17H15N3OS. The number of thiophene rings is 1. The van der Waals surface area contributed by atoms with Crippen LogP contribution < -0.4 is 10.6 Å². The van der Waals surface area contributed by atoms with Crippen molar-refractivity contribution < 1.29 is 4.79 Å². The summed E-state index contributed by atoms with van der Waals surface area (Å²) in [6.45, 7) is 2.04. The zero-order valence-corrected chi connectivity index (χ0v) is 12.9. The average Bonchev–Trinajstić information content (AvgIpc) is 3.04. The van der Waals surface area contributed by atoms with Crippen LogP contribution >= 0.6 is 11.3 Å². The quantitative estimate of drug-likeness (QED) is 0.748. The highest BCUT2D eigenvalue weighted by Gasteiger charge is 2.07. The predicted molar refractivity (Wildman–Crippen MR) is 91.0 cm³/mol. The van der Waals surface area contributed by atoms with Crippen LogP contribution in [0.5, 0.6) is 0 Å². The monoisotopic (exact) mass is 309 g/mol. The van der Waals surface area contributed by atoms with E-state index in [1.54, 1.807) is 12.3 Å². The van der Waals surface area contributed by atoms with Crippen molar-refractivity contribution >= 4 is 34.4 Å². The number of nitrogens with zero attached hydrogens (tertiary/aromatic N) is 1. The third-order valence-electron chi connectivity index (χ3n) is 3.06. The highest BCUT2D eigenvalue weighted by atomic mass is 32.1. The van der Waals surface area contributed by atoms with Crippen molar-refractivity contribution in [3.63, 3.8) is 0 Å². The van der Waals surface area contributed by atoms with E-state index in [0.29, 0.717) is 10.6 Å². The summed E-state index contributed by atoms with van der Waals surface area (Å²) in [5.74, 6) is 0.621. The molecule has 0 saturated heterocycles. The van der Waals surface area contributed by atoms with E-state index in [1.807, 2.05) is 54.8 Å². The molecule has 110 valence electrons. The molecule has 3 rings (SSSR count). The Labute approximate surface area is 132 Å². The zero-order valence-electron chi connectivity index (χ0n) is 12.0. The maximum atomic E-state index is 11.9. The van der Waals surface area contributed by atoms with Crippen molar-refractivity contribution in [3.05, 3.63) is 70.5 Å². The SMILES string of the molecule is Cc1cccc(Nc2ccc(NC(=O)c3cccs3)cn2)c1. The average molecular weight is 309 g/mol. The summed E-state index contributed by atoms with van der Waals surface area (Å²) in [6.07, 6.45) is 1.64. The Balaban J connectivity index is 1.66. The van der Waals surface area contributed by atoms with Gasteiger partial charge in [-0.25, -0.2) is 4.98 Å². The first-order chi connectivity index (χ1) is 10.7. The van der Waals surface area contributed by atoms with Gasteiger partial charge in [-0.05, 0) is 48.2 Å². The van der Waals surface area contributed by atoms with Crippen LogP contribution in [0.3, 0.4) is 0 Å². The van der Waals surface area contributed by atoms with Gasteiger partial charge in [0.15, 0.2) is 0 Å². The molecule has 0 aliphatic carbocycles.